The van der Waals surface area contributed by atoms with Gasteiger partial charge in [0.15, 0.2) is 0 Å². The number of fused-ring (bicyclic) bond motifs is 5. The molecule has 2 aliphatic heterocycles. The zero-order valence-corrected chi connectivity index (χ0v) is 16.3. The highest BCUT2D eigenvalue weighted by Gasteiger charge is 2.60. The number of rotatable bonds is 4. The minimum absolute atomic E-state index is 0.0170. The van der Waals surface area contributed by atoms with E-state index in [2.05, 4.69) is 12.2 Å². The van der Waals surface area contributed by atoms with Gasteiger partial charge in [0.2, 0.25) is 17.7 Å². The molecule has 5 unspecified atom stereocenters. The van der Waals surface area contributed by atoms with Crippen molar-refractivity contribution in [2.24, 2.45) is 23.7 Å². The standard InChI is InChI=1S/C23H25FN2O3/c24-17-6-4-5-14(12-17)18(13-19(27)25-9-2-1-3-10-25)26-22(28)20-15-7-8-16(11-15)21(20)23(26)29/h4-8,12,15-16,18,20-21H,1-3,9-11,13H2. The summed E-state index contributed by atoms with van der Waals surface area (Å²) in [4.78, 5) is 42.7. The Hall–Kier alpha value is -2.50. The summed E-state index contributed by atoms with van der Waals surface area (Å²) in [7, 11) is 0. The molecule has 2 saturated heterocycles. The summed E-state index contributed by atoms with van der Waals surface area (Å²) in [5, 5.41) is 0. The molecule has 5 nitrogen and oxygen atoms in total. The van der Waals surface area contributed by atoms with Crippen LogP contribution in [0.4, 0.5) is 4.39 Å². The number of amides is 3. The van der Waals surface area contributed by atoms with Gasteiger partial charge in [0.1, 0.15) is 5.82 Å². The molecular formula is C23H25FN2O3. The third kappa shape index (κ3) is 3.00. The van der Waals surface area contributed by atoms with Crippen LogP contribution in [0, 0.1) is 29.5 Å². The number of carbonyl (C=O) groups is 3. The second kappa shape index (κ2) is 7.08. The van der Waals surface area contributed by atoms with Crippen molar-refractivity contribution in [3.8, 4) is 0 Å². The molecule has 0 radical (unpaired) electrons. The lowest BCUT2D eigenvalue weighted by Gasteiger charge is -2.32. The van der Waals surface area contributed by atoms with Crippen molar-refractivity contribution in [2.75, 3.05) is 13.1 Å². The Morgan fingerprint density at radius 3 is 2.31 bits per heavy atom. The Labute approximate surface area is 169 Å². The Morgan fingerprint density at radius 1 is 1.03 bits per heavy atom. The number of carbonyl (C=O) groups excluding carboxylic acids is 3. The van der Waals surface area contributed by atoms with Gasteiger partial charge >= 0.3 is 0 Å². The summed E-state index contributed by atoms with van der Waals surface area (Å²) in [5.41, 5.74) is 0.511. The van der Waals surface area contributed by atoms with Gasteiger partial charge in [0.25, 0.3) is 0 Å². The van der Waals surface area contributed by atoms with Crippen LogP contribution >= 0.6 is 0 Å². The predicted octanol–water partition coefficient (Wildman–Crippen LogP) is 3.08. The quantitative estimate of drug-likeness (QED) is 0.581. The van der Waals surface area contributed by atoms with Crippen LogP contribution in [-0.4, -0.2) is 40.6 Å². The fourth-order valence-corrected chi connectivity index (χ4v) is 5.74. The highest BCUT2D eigenvalue weighted by Crippen LogP contribution is 2.54. The van der Waals surface area contributed by atoms with E-state index in [1.807, 2.05) is 4.90 Å². The third-order valence-electron chi connectivity index (χ3n) is 7.13. The van der Waals surface area contributed by atoms with Crippen LogP contribution in [0.3, 0.4) is 0 Å². The largest absolute Gasteiger partial charge is 0.343 e. The number of imide groups is 1. The molecule has 1 aromatic carbocycles. The summed E-state index contributed by atoms with van der Waals surface area (Å²) >= 11 is 0. The summed E-state index contributed by atoms with van der Waals surface area (Å²) < 4.78 is 14.0. The van der Waals surface area contributed by atoms with E-state index in [1.54, 1.807) is 12.1 Å². The lowest BCUT2D eigenvalue weighted by Crippen LogP contribution is -2.42. The van der Waals surface area contributed by atoms with Crippen LogP contribution in [0.2, 0.25) is 0 Å². The van der Waals surface area contributed by atoms with Crippen LogP contribution in [0.15, 0.2) is 36.4 Å². The summed E-state index contributed by atoms with van der Waals surface area (Å²) in [5.74, 6) is -1.32. The van der Waals surface area contributed by atoms with E-state index < -0.39 is 11.9 Å². The van der Waals surface area contributed by atoms with Crippen molar-refractivity contribution in [3.05, 3.63) is 47.8 Å². The van der Waals surface area contributed by atoms with E-state index in [0.717, 1.165) is 25.7 Å². The van der Waals surface area contributed by atoms with Crippen LogP contribution in [0.5, 0.6) is 0 Å². The molecule has 0 aromatic heterocycles. The predicted molar refractivity (Wildman–Crippen MR) is 104 cm³/mol. The van der Waals surface area contributed by atoms with E-state index in [0.29, 0.717) is 18.7 Å². The maximum absolute atomic E-state index is 14.0. The fraction of sp³-hybridized carbons (Fsp3) is 0.522. The number of hydrogen-bond donors (Lipinski definition) is 0. The molecule has 0 N–H and O–H groups in total. The van der Waals surface area contributed by atoms with Gasteiger partial charge in [-0.15, -0.1) is 0 Å². The maximum atomic E-state index is 14.0. The highest BCUT2D eigenvalue weighted by atomic mass is 19.1. The molecule has 2 heterocycles. The van der Waals surface area contributed by atoms with Gasteiger partial charge in [-0.1, -0.05) is 24.3 Å². The minimum Gasteiger partial charge on any atom is -0.343 e. The first kappa shape index (κ1) is 18.5. The number of halogens is 1. The second-order valence-corrected chi connectivity index (χ2v) is 8.76. The second-order valence-electron chi connectivity index (χ2n) is 8.76. The average Bonchev–Trinajstić information content (AvgIpc) is 3.41. The summed E-state index contributed by atoms with van der Waals surface area (Å²) in [6.45, 7) is 1.41. The topological polar surface area (TPSA) is 57.7 Å². The van der Waals surface area contributed by atoms with E-state index in [4.69, 9.17) is 0 Å². The number of benzene rings is 1. The minimum atomic E-state index is -0.745. The first-order valence-corrected chi connectivity index (χ1v) is 10.6. The first-order chi connectivity index (χ1) is 14.0. The molecule has 3 fully saturated rings. The maximum Gasteiger partial charge on any atom is 0.234 e. The Kier molecular flexibility index (Phi) is 4.52. The number of allylic oxidation sites excluding steroid dienone is 2. The van der Waals surface area contributed by atoms with E-state index in [1.165, 1.54) is 17.0 Å². The van der Waals surface area contributed by atoms with Gasteiger partial charge in [0.05, 0.1) is 24.3 Å². The Bertz CT molecular complexity index is 862. The van der Waals surface area contributed by atoms with Gasteiger partial charge in [-0.05, 0) is 55.2 Å². The van der Waals surface area contributed by atoms with Crippen LogP contribution in [0.1, 0.15) is 43.7 Å². The van der Waals surface area contributed by atoms with Crippen molar-refractivity contribution < 1.29 is 18.8 Å². The third-order valence-corrected chi connectivity index (χ3v) is 7.13. The summed E-state index contributed by atoms with van der Waals surface area (Å²) in [6.07, 6.45) is 8.03. The Balaban J connectivity index is 1.46. The SMILES string of the molecule is O=C(CC(c1cccc(F)c1)N1C(=O)C2C3C=CC(C3)C2C1=O)N1CCCCC1. The molecular weight excluding hydrogens is 371 g/mol. The molecule has 6 heteroatoms. The molecule has 2 aliphatic carbocycles. The molecule has 5 atom stereocenters. The van der Waals surface area contributed by atoms with Crippen LogP contribution in [0.25, 0.3) is 0 Å². The highest BCUT2D eigenvalue weighted by molar-refractivity contribution is 6.07. The van der Waals surface area contributed by atoms with Gasteiger partial charge in [0, 0.05) is 13.1 Å². The van der Waals surface area contributed by atoms with Crippen LogP contribution < -0.4 is 0 Å². The van der Waals surface area contributed by atoms with Gasteiger partial charge in [-0.2, -0.15) is 0 Å². The van der Waals surface area contributed by atoms with Crippen molar-refractivity contribution >= 4 is 17.7 Å². The zero-order chi connectivity index (χ0) is 20.1. The zero-order valence-electron chi connectivity index (χ0n) is 16.3. The molecule has 2 bridgehead atoms. The smallest absolute Gasteiger partial charge is 0.234 e. The molecule has 5 rings (SSSR count). The van der Waals surface area contributed by atoms with Gasteiger partial charge in [-0.3, -0.25) is 19.3 Å². The molecule has 4 aliphatic rings. The number of likely N-dealkylation sites (tertiary alicyclic amines) is 2. The van der Waals surface area contributed by atoms with Crippen molar-refractivity contribution in [3.63, 3.8) is 0 Å². The van der Waals surface area contributed by atoms with Crippen LogP contribution in [-0.2, 0) is 14.4 Å². The van der Waals surface area contributed by atoms with Crippen molar-refractivity contribution in [1.29, 1.82) is 0 Å². The van der Waals surface area contributed by atoms with E-state index in [9.17, 15) is 18.8 Å². The van der Waals surface area contributed by atoms with Gasteiger partial charge in [-0.25, -0.2) is 4.39 Å². The lowest BCUT2D eigenvalue weighted by atomic mass is 9.85. The number of hydrogen-bond acceptors (Lipinski definition) is 3. The Morgan fingerprint density at radius 2 is 1.69 bits per heavy atom. The summed E-state index contributed by atoms with van der Waals surface area (Å²) in [6, 6.07) is 5.21. The first-order valence-electron chi connectivity index (χ1n) is 10.6. The molecule has 1 saturated carbocycles. The van der Waals surface area contributed by atoms with Crippen molar-refractivity contribution in [2.45, 2.75) is 38.1 Å². The average molecular weight is 396 g/mol. The van der Waals surface area contributed by atoms with E-state index >= 15 is 0 Å². The monoisotopic (exact) mass is 396 g/mol. The fourth-order valence-electron chi connectivity index (χ4n) is 5.74. The normalized spacial score (nSPS) is 31.5. The van der Waals surface area contributed by atoms with Gasteiger partial charge < -0.3 is 4.90 Å². The molecule has 0 spiro atoms. The van der Waals surface area contributed by atoms with Crippen molar-refractivity contribution in [1.82, 2.24) is 9.80 Å². The van der Waals surface area contributed by atoms with E-state index in [-0.39, 0.29) is 47.8 Å². The number of piperidine rings is 1. The molecule has 152 valence electrons. The lowest BCUT2D eigenvalue weighted by molar-refractivity contribution is -0.145. The number of nitrogens with zero attached hydrogens (tertiary/aromatic N) is 2. The molecule has 29 heavy (non-hydrogen) atoms. The molecule has 1 aromatic rings. The molecule has 3 amide bonds.